The number of benzene rings is 2. The van der Waals surface area contributed by atoms with Crippen LogP contribution in [0.25, 0.3) is 11.8 Å². The van der Waals surface area contributed by atoms with Crippen LogP contribution in [0.2, 0.25) is 0 Å². The number of hydrogen-bond acceptors (Lipinski definition) is 14. The van der Waals surface area contributed by atoms with E-state index in [-0.39, 0.29) is 48.0 Å². The number of aliphatic hydroxyl groups is 1. The first kappa shape index (κ1) is 62.8. The molecule has 84 heavy (non-hydrogen) atoms. The Kier molecular flexibility index (Phi) is 21.0. The second kappa shape index (κ2) is 28.1. The maximum absolute atomic E-state index is 14.0. The number of ether oxygens (including phenoxy) is 2. The summed E-state index contributed by atoms with van der Waals surface area (Å²) in [5.41, 5.74) is 19.4. The van der Waals surface area contributed by atoms with Crippen LogP contribution in [-0.2, 0) is 36.8 Å². The molecule has 0 radical (unpaired) electrons. The molecule has 2 aromatic carbocycles. The number of hydrogen-bond donors (Lipinski definition) is 8. The third-order valence-electron chi connectivity index (χ3n) is 17.4. The average molecular weight is 1160 g/mol. The molecule has 6 heterocycles. The zero-order chi connectivity index (χ0) is 60.2. The Morgan fingerprint density at radius 3 is 2.30 bits per heavy atom. The van der Waals surface area contributed by atoms with Crippen molar-refractivity contribution in [2.75, 3.05) is 117 Å². The number of rotatable bonds is 23. The summed E-state index contributed by atoms with van der Waals surface area (Å²) in [6.45, 7) is 14.5. The number of aliphatic hydroxyl groups excluding tert-OH is 1. The molecule has 4 aliphatic heterocycles. The van der Waals surface area contributed by atoms with Crippen LogP contribution in [0.3, 0.4) is 0 Å². The van der Waals surface area contributed by atoms with E-state index in [1.807, 2.05) is 67.5 Å². The van der Waals surface area contributed by atoms with Gasteiger partial charge in [-0.05, 0) is 111 Å². The molecule has 1 aliphatic carbocycles. The number of nitrogens with two attached hydrogens (primary N) is 2. The second-order valence-electron chi connectivity index (χ2n) is 25.2. The zero-order valence-electron chi connectivity index (χ0n) is 50.1. The molecule has 0 bridgehead atoms. The fourth-order valence-corrected chi connectivity index (χ4v) is 12.3. The minimum Gasteiger partial charge on any atom is -0.507 e. The summed E-state index contributed by atoms with van der Waals surface area (Å²) in [6, 6.07) is 13.9. The predicted octanol–water partition coefficient (Wildman–Crippen LogP) is 4.56. The molecule has 5 amide bonds. The Balaban J connectivity index is 0.000000682. The Morgan fingerprint density at radius 2 is 1.65 bits per heavy atom. The molecule has 2 aromatic heterocycles. The van der Waals surface area contributed by atoms with Crippen molar-refractivity contribution < 1.29 is 43.3 Å². The number of β-amino-alcohol motifs (C(OH)–C–C–N with tert-alkyl or cyclic N) is 1. The van der Waals surface area contributed by atoms with Gasteiger partial charge < -0.3 is 76.2 Å². The van der Waals surface area contributed by atoms with Gasteiger partial charge in [-0.15, -0.1) is 6.42 Å². The number of terminal acetylenes is 1. The number of carbonyl (C=O) groups is 4. The van der Waals surface area contributed by atoms with Crippen LogP contribution in [0, 0.1) is 23.2 Å². The maximum Gasteiger partial charge on any atom is 0.318 e. The lowest BCUT2D eigenvalue weighted by Gasteiger charge is -2.61. The van der Waals surface area contributed by atoms with E-state index >= 15 is 0 Å². The SMILES string of the molecule is C#Cc1ccc(CNC=O)cc1.CC1c2c([nH]c(N)c2/C=C(\N)c2ccccc2O)CCN1c1ncc(C2CCN(C3CC4(C3)CN(C(=O)NC(C(=O)N3CCC(O)C3)C(C)(C)CCNC(=O)CCOCCOCC[N+](C)(C)C)C4)CC2)cn1. The van der Waals surface area contributed by atoms with Crippen LogP contribution in [0.5, 0.6) is 5.75 Å². The number of phenolic OH excluding ortho intramolecular Hbond substituents is 1. The summed E-state index contributed by atoms with van der Waals surface area (Å²) >= 11 is 0. The van der Waals surface area contributed by atoms with E-state index in [1.165, 1.54) is 0 Å². The first-order chi connectivity index (χ1) is 40.2. The van der Waals surface area contributed by atoms with Gasteiger partial charge in [0.25, 0.3) is 0 Å². The van der Waals surface area contributed by atoms with E-state index in [0.29, 0.717) is 113 Å². The number of anilines is 2. The minimum absolute atomic E-state index is 0.0555. The molecule has 5 aliphatic rings. The van der Waals surface area contributed by atoms with Crippen LogP contribution in [0.1, 0.15) is 117 Å². The van der Waals surface area contributed by atoms with Gasteiger partial charge in [-0.3, -0.25) is 14.4 Å². The van der Waals surface area contributed by atoms with Crippen LogP contribution < -0.4 is 32.3 Å². The van der Waals surface area contributed by atoms with Gasteiger partial charge in [0.15, 0.2) is 0 Å². The number of urea groups is 1. The molecule has 454 valence electrons. The standard InChI is InChI=1S/C53H80N12O7.C10H9NO/c1-35-46-41(27-42(54)40-9-7-8-10-44(40)67)48(55)59-43(46)14-21-64(35)50-57-30-37(31-58-50)36-11-18-61(19-12-36)38-28-53(29-38)33-63(34-53)51(70)60-47(49(69)62-20-13-39(66)32-62)52(2,3)16-17-56-45(68)15-23-71-25-26-72-24-22-65(4,5)6;1-2-9-3-5-10(6-4-9)7-11-8-12/h7-10,27,30-31,35-36,38-39,47,59,66H,11-26,28-29,32-34,54-55H2,1-6H3,(H2-,56,60,67,68,70);1,3-6,8H,7H2,(H,11,12)/p+1/b42-27-;. The Morgan fingerprint density at radius 1 is 0.964 bits per heavy atom. The lowest BCUT2D eigenvalue weighted by molar-refractivity contribution is -0.870. The van der Waals surface area contributed by atoms with Gasteiger partial charge in [-0.2, -0.15) is 0 Å². The number of fused-ring (bicyclic) bond motifs is 1. The number of H-pyrrole nitrogens is 1. The number of phenols is 1. The van der Waals surface area contributed by atoms with Crippen LogP contribution in [0.15, 0.2) is 60.9 Å². The first-order valence-electron chi connectivity index (χ1n) is 29.7. The summed E-state index contributed by atoms with van der Waals surface area (Å²) in [7, 11) is 6.35. The van der Waals surface area contributed by atoms with E-state index in [1.54, 1.807) is 23.1 Å². The van der Waals surface area contributed by atoms with Gasteiger partial charge >= 0.3 is 6.03 Å². The minimum atomic E-state index is -0.818. The van der Waals surface area contributed by atoms with Crippen molar-refractivity contribution in [2.45, 2.75) is 109 Å². The number of aromatic amines is 1. The van der Waals surface area contributed by atoms with E-state index in [0.717, 1.165) is 96.3 Å². The molecular formula is C63H90N13O8+. The van der Waals surface area contributed by atoms with Crippen molar-refractivity contribution in [1.29, 1.82) is 0 Å². The zero-order valence-corrected chi connectivity index (χ0v) is 50.1. The van der Waals surface area contributed by atoms with Crippen molar-refractivity contribution in [3.8, 4) is 18.1 Å². The van der Waals surface area contributed by atoms with E-state index in [2.05, 4.69) is 64.7 Å². The van der Waals surface area contributed by atoms with Gasteiger partial charge in [0.1, 0.15) is 24.2 Å². The fourth-order valence-electron chi connectivity index (χ4n) is 12.3. The number of aromatic hydroxyl groups is 1. The van der Waals surface area contributed by atoms with E-state index < -0.39 is 17.6 Å². The monoisotopic (exact) mass is 1160 g/mol. The molecule has 9 rings (SSSR count). The van der Waals surface area contributed by atoms with Crippen molar-refractivity contribution in [2.24, 2.45) is 16.6 Å². The third kappa shape index (κ3) is 16.1. The molecule has 3 saturated heterocycles. The van der Waals surface area contributed by atoms with Crippen LogP contribution >= 0.6 is 0 Å². The lowest BCUT2D eigenvalue weighted by Crippen LogP contribution is -2.70. The number of quaternary nitrogens is 1. The van der Waals surface area contributed by atoms with Crippen molar-refractivity contribution >= 4 is 47.8 Å². The number of carbonyl (C=O) groups excluding carboxylic acids is 4. The highest BCUT2D eigenvalue weighted by molar-refractivity contribution is 5.89. The summed E-state index contributed by atoms with van der Waals surface area (Å²) < 4.78 is 12.0. The first-order valence-corrected chi connectivity index (χ1v) is 29.7. The summed E-state index contributed by atoms with van der Waals surface area (Å²) in [5, 5.41) is 29.3. The molecule has 21 heteroatoms. The van der Waals surface area contributed by atoms with Gasteiger partial charge in [0.2, 0.25) is 24.2 Å². The van der Waals surface area contributed by atoms with Gasteiger partial charge in [-0.25, -0.2) is 14.8 Å². The van der Waals surface area contributed by atoms with Crippen molar-refractivity contribution in [3.63, 3.8) is 0 Å². The van der Waals surface area contributed by atoms with Gasteiger partial charge in [0, 0.05) is 116 Å². The highest BCUT2D eigenvalue weighted by atomic mass is 16.5. The molecule has 4 fully saturated rings. The summed E-state index contributed by atoms with van der Waals surface area (Å²) in [4.78, 5) is 71.9. The topological polar surface area (TPSA) is 270 Å². The molecule has 1 spiro atoms. The number of nitrogens with zero attached hydrogens (tertiary/aromatic N) is 7. The number of nitrogens with one attached hydrogen (secondary N) is 4. The fraction of sp³-hybridized carbons (Fsp3) is 0.556. The second-order valence-corrected chi connectivity index (χ2v) is 25.2. The molecular weight excluding hydrogens is 1070 g/mol. The smallest absolute Gasteiger partial charge is 0.318 e. The number of likely N-dealkylation sites (tertiary alicyclic amines) is 3. The number of aromatic nitrogens is 3. The quantitative estimate of drug-likeness (QED) is 0.0219. The predicted molar refractivity (Wildman–Crippen MR) is 325 cm³/mol. The molecule has 1 saturated carbocycles. The highest BCUT2D eigenvalue weighted by Crippen LogP contribution is 2.51. The van der Waals surface area contributed by atoms with Gasteiger partial charge in [0.05, 0.1) is 59.7 Å². The molecule has 3 unspecified atom stereocenters. The third-order valence-corrected chi connectivity index (χ3v) is 17.4. The molecule has 4 aromatic rings. The summed E-state index contributed by atoms with van der Waals surface area (Å²) in [5.74, 6) is 3.91. The van der Waals surface area contributed by atoms with Crippen molar-refractivity contribution in [3.05, 3.63) is 100.0 Å². The lowest BCUT2D eigenvalue weighted by atomic mass is 9.60. The maximum atomic E-state index is 14.0. The van der Waals surface area contributed by atoms with Gasteiger partial charge in [-0.1, -0.05) is 44.0 Å². The Bertz CT molecular complexity index is 2930. The van der Waals surface area contributed by atoms with Crippen LogP contribution in [-0.4, -0.2) is 193 Å². The number of likely N-dealkylation sites (N-methyl/N-ethyl adjacent to an activating group) is 1. The number of piperidine rings is 1. The number of para-hydroxylation sites is 1. The highest BCUT2D eigenvalue weighted by Gasteiger charge is 2.56. The van der Waals surface area contributed by atoms with Crippen molar-refractivity contribution in [1.82, 2.24) is 45.6 Å². The molecule has 10 N–H and O–H groups in total. The Hall–Kier alpha value is -7.22. The molecule has 21 nitrogen and oxygen atoms in total. The number of amides is 5. The average Bonchev–Trinajstić information content (AvgIpc) is 2.27. The molecule has 3 atom stereocenters. The van der Waals surface area contributed by atoms with E-state index in [9.17, 15) is 29.4 Å². The van der Waals surface area contributed by atoms with Crippen LogP contribution in [0.4, 0.5) is 16.6 Å². The Labute approximate surface area is 495 Å². The largest absolute Gasteiger partial charge is 0.507 e. The number of nitrogen functional groups attached to an aromatic ring is 1. The van der Waals surface area contributed by atoms with E-state index in [4.69, 9.17) is 37.3 Å². The normalized spacial score (nSPS) is 19.5. The summed E-state index contributed by atoms with van der Waals surface area (Å²) in [6.07, 6.45) is 17.2.